The van der Waals surface area contributed by atoms with Crippen LogP contribution in [0.2, 0.25) is 0 Å². The minimum Gasteiger partial charge on any atom is -0.308 e. The summed E-state index contributed by atoms with van der Waals surface area (Å²) in [5, 5.41) is 8.15. The summed E-state index contributed by atoms with van der Waals surface area (Å²) >= 11 is 0. The van der Waals surface area contributed by atoms with E-state index >= 15 is 0 Å². The van der Waals surface area contributed by atoms with Crippen LogP contribution < -0.4 is 5.32 Å². The van der Waals surface area contributed by atoms with Gasteiger partial charge in [0.05, 0.1) is 6.20 Å². The van der Waals surface area contributed by atoms with Crippen molar-refractivity contribution in [3.8, 4) is 0 Å². The van der Waals surface area contributed by atoms with Crippen molar-refractivity contribution in [1.29, 1.82) is 0 Å². The van der Waals surface area contributed by atoms with Crippen LogP contribution in [-0.4, -0.2) is 45.9 Å². The van der Waals surface area contributed by atoms with E-state index in [9.17, 15) is 0 Å². The van der Waals surface area contributed by atoms with Crippen molar-refractivity contribution in [2.75, 3.05) is 19.6 Å². The van der Waals surface area contributed by atoms with E-state index in [0.29, 0.717) is 17.5 Å². The Labute approximate surface area is 128 Å². The first-order valence-corrected chi connectivity index (χ1v) is 8.44. The summed E-state index contributed by atoms with van der Waals surface area (Å²) in [6.45, 7) is 10.6. The molecule has 1 saturated carbocycles. The Kier molecular flexibility index (Phi) is 4.10. The van der Waals surface area contributed by atoms with Gasteiger partial charge in [-0.05, 0) is 43.6 Å². The summed E-state index contributed by atoms with van der Waals surface area (Å²) in [6.07, 6.45) is 8.08. The van der Waals surface area contributed by atoms with Gasteiger partial charge in [0.25, 0.3) is 0 Å². The molecule has 0 radical (unpaired) electrons. The Morgan fingerprint density at radius 2 is 2.19 bits per heavy atom. The maximum absolute atomic E-state index is 4.29. The quantitative estimate of drug-likeness (QED) is 0.901. The first-order chi connectivity index (χ1) is 9.98. The van der Waals surface area contributed by atoms with E-state index in [4.69, 9.17) is 0 Å². The van der Waals surface area contributed by atoms with Gasteiger partial charge in [-0.1, -0.05) is 13.8 Å². The van der Waals surface area contributed by atoms with Crippen LogP contribution in [0.3, 0.4) is 0 Å². The van der Waals surface area contributed by atoms with Crippen molar-refractivity contribution in [2.45, 2.75) is 51.6 Å². The molecule has 2 heterocycles. The number of aryl methyl sites for hydroxylation is 1. The molecule has 1 aromatic heterocycles. The standard InChI is InChI=1S/C17H30N4/c1-13(2)16-10-18-17(3,15-5-6-15)12-21(16)8-7-14-9-19-20(4)11-14/h9,11,13,15-16,18H,5-8,10,12H2,1-4H3. The second-order valence-corrected chi connectivity index (χ2v) is 7.63. The fraction of sp³-hybridized carbons (Fsp3) is 0.824. The molecule has 1 saturated heterocycles. The molecule has 0 bridgehead atoms. The monoisotopic (exact) mass is 290 g/mol. The number of nitrogens with zero attached hydrogens (tertiary/aromatic N) is 3. The second-order valence-electron chi connectivity index (χ2n) is 7.63. The number of piperazine rings is 1. The van der Waals surface area contributed by atoms with Crippen LogP contribution >= 0.6 is 0 Å². The Morgan fingerprint density at radius 3 is 2.76 bits per heavy atom. The van der Waals surface area contributed by atoms with E-state index in [2.05, 4.69) is 42.3 Å². The topological polar surface area (TPSA) is 33.1 Å². The normalized spacial score (nSPS) is 31.0. The van der Waals surface area contributed by atoms with Gasteiger partial charge in [0.15, 0.2) is 0 Å². The van der Waals surface area contributed by atoms with Gasteiger partial charge in [-0.3, -0.25) is 9.58 Å². The maximum Gasteiger partial charge on any atom is 0.0522 e. The van der Waals surface area contributed by atoms with Crippen molar-refractivity contribution in [1.82, 2.24) is 20.0 Å². The number of aromatic nitrogens is 2. The average molecular weight is 290 g/mol. The highest BCUT2D eigenvalue weighted by Crippen LogP contribution is 2.41. The molecule has 1 aliphatic carbocycles. The molecule has 4 nitrogen and oxygen atoms in total. The lowest BCUT2D eigenvalue weighted by Crippen LogP contribution is -2.65. The predicted octanol–water partition coefficient (Wildman–Crippen LogP) is 2.06. The molecule has 0 spiro atoms. The molecule has 2 atom stereocenters. The van der Waals surface area contributed by atoms with Gasteiger partial charge < -0.3 is 5.32 Å². The van der Waals surface area contributed by atoms with Crippen LogP contribution in [0.15, 0.2) is 12.4 Å². The second kappa shape index (κ2) is 5.73. The first kappa shape index (κ1) is 15.0. The van der Waals surface area contributed by atoms with Gasteiger partial charge in [0.1, 0.15) is 0 Å². The van der Waals surface area contributed by atoms with Crippen LogP contribution in [0.1, 0.15) is 39.2 Å². The zero-order chi connectivity index (χ0) is 15.0. The van der Waals surface area contributed by atoms with Gasteiger partial charge in [-0.15, -0.1) is 0 Å². The highest BCUT2D eigenvalue weighted by Gasteiger charge is 2.46. The molecule has 1 aromatic rings. The molecule has 0 amide bonds. The summed E-state index contributed by atoms with van der Waals surface area (Å²) in [5.74, 6) is 1.60. The van der Waals surface area contributed by atoms with E-state index in [-0.39, 0.29) is 0 Å². The predicted molar refractivity (Wildman–Crippen MR) is 86.2 cm³/mol. The van der Waals surface area contributed by atoms with Gasteiger partial charge >= 0.3 is 0 Å². The molecule has 0 aromatic carbocycles. The van der Waals surface area contributed by atoms with Crippen molar-refractivity contribution in [2.24, 2.45) is 18.9 Å². The summed E-state index contributed by atoms with van der Waals surface area (Å²) in [4.78, 5) is 2.73. The van der Waals surface area contributed by atoms with Gasteiger partial charge in [0.2, 0.25) is 0 Å². The Morgan fingerprint density at radius 1 is 1.43 bits per heavy atom. The SMILES string of the molecule is CC(C)C1CNC(C)(C2CC2)CN1CCc1cnn(C)c1. The Balaban J connectivity index is 1.65. The molecule has 118 valence electrons. The molecule has 4 heteroatoms. The molecule has 2 unspecified atom stereocenters. The minimum absolute atomic E-state index is 0.334. The molecule has 1 N–H and O–H groups in total. The summed E-state index contributed by atoms with van der Waals surface area (Å²) < 4.78 is 1.90. The van der Waals surface area contributed by atoms with Crippen LogP contribution in [0, 0.1) is 11.8 Å². The molecule has 2 fully saturated rings. The smallest absolute Gasteiger partial charge is 0.0522 e. The zero-order valence-corrected chi connectivity index (χ0v) is 14.0. The maximum atomic E-state index is 4.29. The third-order valence-corrected chi connectivity index (χ3v) is 5.41. The third kappa shape index (κ3) is 3.32. The minimum atomic E-state index is 0.334. The lowest BCUT2D eigenvalue weighted by molar-refractivity contribution is 0.0534. The van der Waals surface area contributed by atoms with Crippen molar-refractivity contribution in [3.05, 3.63) is 18.0 Å². The van der Waals surface area contributed by atoms with E-state index in [0.717, 1.165) is 25.4 Å². The van der Waals surface area contributed by atoms with E-state index < -0.39 is 0 Å². The molecule has 21 heavy (non-hydrogen) atoms. The van der Waals surface area contributed by atoms with E-state index in [1.807, 2.05) is 17.9 Å². The lowest BCUT2D eigenvalue weighted by atomic mass is 9.88. The lowest BCUT2D eigenvalue weighted by Gasteiger charge is -2.48. The third-order valence-electron chi connectivity index (χ3n) is 5.41. The molecule has 1 aliphatic heterocycles. The van der Waals surface area contributed by atoms with Crippen LogP contribution in [0.5, 0.6) is 0 Å². The van der Waals surface area contributed by atoms with Gasteiger partial charge in [0, 0.05) is 44.5 Å². The highest BCUT2D eigenvalue weighted by molar-refractivity contribution is 5.07. The average Bonchev–Trinajstić information content (AvgIpc) is 3.21. The fourth-order valence-corrected chi connectivity index (χ4v) is 3.83. The molecule has 3 rings (SSSR count). The van der Waals surface area contributed by atoms with Crippen LogP contribution in [0.25, 0.3) is 0 Å². The van der Waals surface area contributed by atoms with E-state index in [1.54, 1.807) is 0 Å². The van der Waals surface area contributed by atoms with Crippen LogP contribution in [-0.2, 0) is 13.5 Å². The first-order valence-electron chi connectivity index (χ1n) is 8.44. The summed E-state index contributed by atoms with van der Waals surface area (Å²) in [7, 11) is 2.00. The van der Waals surface area contributed by atoms with Gasteiger partial charge in [-0.2, -0.15) is 5.10 Å². The number of hydrogen-bond acceptors (Lipinski definition) is 3. The summed E-state index contributed by atoms with van der Waals surface area (Å²) in [5.41, 5.74) is 1.69. The Hall–Kier alpha value is -0.870. The molecule has 2 aliphatic rings. The van der Waals surface area contributed by atoms with Crippen molar-refractivity contribution >= 4 is 0 Å². The highest BCUT2D eigenvalue weighted by atomic mass is 15.3. The van der Waals surface area contributed by atoms with Crippen LogP contribution in [0.4, 0.5) is 0 Å². The fourth-order valence-electron chi connectivity index (χ4n) is 3.83. The largest absolute Gasteiger partial charge is 0.308 e. The molecular formula is C17H30N4. The number of rotatable bonds is 5. The molecular weight excluding hydrogens is 260 g/mol. The number of nitrogens with one attached hydrogen (secondary N) is 1. The Bertz CT molecular complexity index is 477. The zero-order valence-electron chi connectivity index (χ0n) is 14.0. The van der Waals surface area contributed by atoms with Gasteiger partial charge in [-0.25, -0.2) is 0 Å². The van der Waals surface area contributed by atoms with E-state index in [1.165, 1.54) is 24.9 Å². The summed E-state index contributed by atoms with van der Waals surface area (Å²) in [6, 6.07) is 0.661. The van der Waals surface area contributed by atoms with Crippen molar-refractivity contribution in [3.63, 3.8) is 0 Å². The number of hydrogen-bond donors (Lipinski definition) is 1. The van der Waals surface area contributed by atoms with Crippen molar-refractivity contribution < 1.29 is 0 Å².